The van der Waals surface area contributed by atoms with Gasteiger partial charge in [-0.2, -0.15) is 0 Å². The number of carbonyl (C=O) groups excluding carboxylic acids is 2. The third-order valence-electron chi connectivity index (χ3n) is 6.54. The molecule has 220 valence electrons. The molecule has 0 aliphatic carbocycles. The van der Waals surface area contributed by atoms with Gasteiger partial charge in [-0.15, -0.1) is 0 Å². The van der Waals surface area contributed by atoms with E-state index in [1.165, 1.54) is 9.21 Å². The number of halogens is 2. The molecule has 0 aliphatic heterocycles. The van der Waals surface area contributed by atoms with Crippen LogP contribution in [0.3, 0.4) is 0 Å². The van der Waals surface area contributed by atoms with Gasteiger partial charge in [-0.1, -0.05) is 91.6 Å². The van der Waals surface area contributed by atoms with E-state index in [-0.39, 0.29) is 50.1 Å². The van der Waals surface area contributed by atoms with E-state index < -0.39 is 16.1 Å². The number of amides is 2. The molecule has 10 heteroatoms. The average Bonchev–Trinajstić information content (AvgIpc) is 2.93. The zero-order valence-corrected chi connectivity index (χ0v) is 25.9. The van der Waals surface area contributed by atoms with Crippen LogP contribution in [-0.4, -0.2) is 50.5 Å². The molecule has 0 unspecified atom stereocenters. The van der Waals surface area contributed by atoms with Crippen LogP contribution in [0.15, 0.2) is 78.9 Å². The van der Waals surface area contributed by atoms with Crippen LogP contribution in [0.25, 0.3) is 0 Å². The molecule has 0 spiro atoms. The minimum Gasteiger partial charge on any atom is -0.354 e. The van der Waals surface area contributed by atoms with Crippen LogP contribution in [0.4, 0.5) is 5.69 Å². The molecule has 0 aromatic heterocycles. The molecule has 3 aromatic rings. The molecule has 0 aliphatic rings. The lowest BCUT2D eigenvalue weighted by atomic mass is 10.0. The van der Waals surface area contributed by atoms with Gasteiger partial charge in [0.2, 0.25) is 21.8 Å². The summed E-state index contributed by atoms with van der Waals surface area (Å²) in [5.74, 6) is -0.359. The molecule has 0 saturated carbocycles. The lowest BCUT2D eigenvalue weighted by molar-refractivity contribution is -0.141. The van der Waals surface area contributed by atoms with Gasteiger partial charge in [0.25, 0.3) is 0 Å². The van der Waals surface area contributed by atoms with E-state index in [0.29, 0.717) is 27.8 Å². The number of hydrogen-bond donors (Lipinski definition) is 1. The van der Waals surface area contributed by atoms with Crippen LogP contribution in [0.1, 0.15) is 37.8 Å². The summed E-state index contributed by atoms with van der Waals surface area (Å²) in [4.78, 5) is 29.0. The molecule has 3 aromatic carbocycles. The van der Waals surface area contributed by atoms with Gasteiger partial charge in [0, 0.05) is 48.1 Å². The van der Waals surface area contributed by atoms with Crippen LogP contribution < -0.4 is 9.62 Å². The molecule has 7 nitrogen and oxygen atoms in total. The number of anilines is 1. The molecule has 0 bridgehead atoms. The first-order valence-corrected chi connectivity index (χ1v) is 16.1. The van der Waals surface area contributed by atoms with Gasteiger partial charge < -0.3 is 10.2 Å². The maximum absolute atomic E-state index is 13.9. The fourth-order valence-electron chi connectivity index (χ4n) is 4.43. The van der Waals surface area contributed by atoms with E-state index in [4.69, 9.17) is 23.2 Å². The van der Waals surface area contributed by atoms with Crippen LogP contribution in [-0.2, 0) is 32.6 Å². The Morgan fingerprint density at radius 1 is 0.878 bits per heavy atom. The fraction of sp³-hybridized carbons (Fsp3) is 0.355. The van der Waals surface area contributed by atoms with Gasteiger partial charge in [0.1, 0.15) is 6.04 Å². The van der Waals surface area contributed by atoms with Crippen LogP contribution in [0, 0.1) is 5.92 Å². The Hall–Kier alpha value is -3.07. The Bertz CT molecular complexity index is 1380. The number of hydrogen-bond acceptors (Lipinski definition) is 4. The summed E-state index contributed by atoms with van der Waals surface area (Å²) in [6.45, 7) is 4.59. The third kappa shape index (κ3) is 9.76. The van der Waals surface area contributed by atoms with Crippen molar-refractivity contribution >= 4 is 50.7 Å². The summed E-state index contributed by atoms with van der Waals surface area (Å²) >= 11 is 13.0. The number of nitrogens with zero attached hydrogens (tertiary/aromatic N) is 2. The average molecular weight is 619 g/mol. The standard InChI is InChI=1S/C31H37Cl2N3O4S/c1-23(2)21-34-31(38)29(20-24-12-6-4-7-13-24)35(22-26-27(32)16-10-17-28(26)33)30(37)18-11-19-36(41(3,39)40)25-14-8-5-9-15-25/h4-10,12-17,23,29H,11,18-22H2,1-3H3,(H,34,38)/t29-/m0/s1. The summed E-state index contributed by atoms with van der Waals surface area (Å²) in [5.41, 5.74) is 1.96. The van der Waals surface area contributed by atoms with Gasteiger partial charge in [0.15, 0.2) is 0 Å². The van der Waals surface area contributed by atoms with Crippen molar-refractivity contribution in [1.82, 2.24) is 10.2 Å². The molecule has 2 amide bonds. The highest BCUT2D eigenvalue weighted by Crippen LogP contribution is 2.28. The van der Waals surface area contributed by atoms with Crippen molar-refractivity contribution in [2.45, 2.75) is 45.7 Å². The van der Waals surface area contributed by atoms with E-state index >= 15 is 0 Å². The summed E-state index contributed by atoms with van der Waals surface area (Å²) in [7, 11) is -3.57. The Kier molecular flexibility index (Phi) is 12.1. The maximum atomic E-state index is 13.9. The second-order valence-corrected chi connectivity index (χ2v) is 13.1. The highest BCUT2D eigenvalue weighted by molar-refractivity contribution is 7.92. The van der Waals surface area contributed by atoms with Crippen LogP contribution >= 0.6 is 23.2 Å². The predicted molar refractivity (Wildman–Crippen MR) is 167 cm³/mol. The normalized spacial score (nSPS) is 12.1. The summed E-state index contributed by atoms with van der Waals surface area (Å²) in [6.07, 6.45) is 1.70. The number of rotatable bonds is 14. The minimum absolute atomic E-state index is 0.0175. The van der Waals surface area contributed by atoms with Crippen molar-refractivity contribution in [3.63, 3.8) is 0 Å². The summed E-state index contributed by atoms with van der Waals surface area (Å²) in [5, 5.41) is 3.77. The zero-order chi connectivity index (χ0) is 30.0. The second kappa shape index (κ2) is 15.2. The van der Waals surface area contributed by atoms with E-state index in [1.807, 2.05) is 50.2 Å². The monoisotopic (exact) mass is 617 g/mol. The van der Waals surface area contributed by atoms with E-state index in [0.717, 1.165) is 11.8 Å². The smallest absolute Gasteiger partial charge is 0.243 e. The van der Waals surface area contributed by atoms with Crippen molar-refractivity contribution in [2.75, 3.05) is 23.7 Å². The van der Waals surface area contributed by atoms with Gasteiger partial charge in [-0.3, -0.25) is 13.9 Å². The van der Waals surface area contributed by atoms with Crippen molar-refractivity contribution in [3.05, 3.63) is 100 Å². The molecular formula is C31H37Cl2N3O4S. The van der Waals surface area contributed by atoms with Gasteiger partial charge in [-0.25, -0.2) is 8.42 Å². The summed E-state index contributed by atoms with van der Waals surface area (Å²) in [6, 6.07) is 22.5. The Morgan fingerprint density at radius 2 is 1.46 bits per heavy atom. The molecule has 3 rings (SSSR count). The summed E-state index contributed by atoms with van der Waals surface area (Å²) < 4.78 is 26.4. The number of sulfonamides is 1. The Labute approximate surface area is 253 Å². The number of carbonyl (C=O) groups is 2. The van der Waals surface area contributed by atoms with Gasteiger partial charge in [-0.05, 0) is 42.2 Å². The topological polar surface area (TPSA) is 86.8 Å². The van der Waals surface area contributed by atoms with Gasteiger partial charge >= 0.3 is 0 Å². The third-order valence-corrected chi connectivity index (χ3v) is 8.44. The predicted octanol–water partition coefficient (Wildman–Crippen LogP) is 5.95. The first-order chi connectivity index (χ1) is 19.5. The molecule has 0 heterocycles. The van der Waals surface area contributed by atoms with Crippen molar-refractivity contribution < 1.29 is 18.0 Å². The number of benzene rings is 3. The van der Waals surface area contributed by atoms with Gasteiger partial charge in [0.05, 0.1) is 11.9 Å². The number of para-hydroxylation sites is 1. The highest BCUT2D eigenvalue weighted by Gasteiger charge is 2.31. The lowest BCUT2D eigenvalue weighted by Gasteiger charge is -2.32. The molecule has 0 radical (unpaired) electrons. The molecular weight excluding hydrogens is 581 g/mol. The van der Waals surface area contributed by atoms with Crippen LogP contribution in [0.5, 0.6) is 0 Å². The molecule has 1 atom stereocenters. The minimum atomic E-state index is -3.57. The molecule has 41 heavy (non-hydrogen) atoms. The van der Waals surface area contributed by atoms with Crippen molar-refractivity contribution in [3.8, 4) is 0 Å². The fourth-order valence-corrected chi connectivity index (χ4v) is 5.91. The molecule has 0 saturated heterocycles. The molecule has 0 fully saturated rings. The second-order valence-electron chi connectivity index (χ2n) is 10.3. The highest BCUT2D eigenvalue weighted by atomic mass is 35.5. The van der Waals surface area contributed by atoms with E-state index in [1.54, 1.807) is 42.5 Å². The van der Waals surface area contributed by atoms with Crippen molar-refractivity contribution in [2.24, 2.45) is 5.92 Å². The number of nitrogens with one attached hydrogen (secondary N) is 1. The zero-order valence-electron chi connectivity index (χ0n) is 23.6. The quantitative estimate of drug-likeness (QED) is 0.242. The van der Waals surface area contributed by atoms with Crippen LogP contribution in [0.2, 0.25) is 10.0 Å². The largest absolute Gasteiger partial charge is 0.354 e. The van der Waals surface area contributed by atoms with E-state index in [9.17, 15) is 18.0 Å². The Morgan fingerprint density at radius 3 is 2.02 bits per heavy atom. The Balaban J connectivity index is 1.92. The maximum Gasteiger partial charge on any atom is 0.243 e. The molecule has 1 N–H and O–H groups in total. The SMILES string of the molecule is CC(C)CNC(=O)[C@H](Cc1ccccc1)N(Cc1c(Cl)cccc1Cl)C(=O)CCCN(c1ccccc1)S(C)(=O)=O. The van der Waals surface area contributed by atoms with Crippen molar-refractivity contribution in [1.29, 1.82) is 0 Å². The lowest BCUT2D eigenvalue weighted by Crippen LogP contribution is -2.51. The first-order valence-electron chi connectivity index (χ1n) is 13.5. The first kappa shape index (κ1) is 32.4. The van der Waals surface area contributed by atoms with E-state index in [2.05, 4.69) is 5.32 Å².